The Kier molecular flexibility index (Phi) is 6.73. The second-order valence-corrected chi connectivity index (χ2v) is 6.68. The topological polar surface area (TPSA) is 52.6 Å². The number of aliphatic hydroxyl groups excluding tert-OH is 1. The first kappa shape index (κ1) is 19.2. The van der Waals surface area contributed by atoms with Crippen LogP contribution in [0.5, 0.6) is 0 Å². The monoisotopic (exact) mass is 340 g/mol. The van der Waals surface area contributed by atoms with Crippen molar-refractivity contribution in [3.63, 3.8) is 0 Å². The molecule has 0 spiro atoms. The van der Waals surface area contributed by atoms with E-state index in [1.165, 1.54) is 5.56 Å². The van der Waals surface area contributed by atoms with Crippen LogP contribution >= 0.6 is 0 Å². The summed E-state index contributed by atoms with van der Waals surface area (Å²) in [4.78, 5) is 14.5. The molecule has 0 saturated heterocycles. The Hall–Kier alpha value is -2.17. The van der Waals surface area contributed by atoms with E-state index in [4.69, 9.17) is 0 Å². The van der Waals surface area contributed by atoms with Crippen molar-refractivity contribution in [1.82, 2.24) is 4.90 Å². The minimum Gasteiger partial charge on any atom is -0.396 e. The number of amides is 1. The van der Waals surface area contributed by atoms with Crippen LogP contribution in [0.1, 0.15) is 34.7 Å². The first-order chi connectivity index (χ1) is 11.9. The minimum absolute atomic E-state index is 0.0113. The van der Waals surface area contributed by atoms with Gasteiger partial charge in [0.15, 0.2) is 0 Å². The molecule has 0 radical (unpaired) electrons. The molecule has 25 heavy (non-hydrogen) atoms. The highest BCUT2D eigenvalue weighted by Crippen LogP contribution is 2.24. The summed E-state index contributed by atoms with van der Waals surface area (Å²) in [6, 6.07) is 14.1. The number of hydrogen-bond donors (Lipinski definition) is 2. The standard InChI is InChI=1S/C21H28N2O2/c1-15-12-16(2)21(17(3)13-15)22-20(25)14-23(4)19(10-11-24)18-8-6-5-7-9-18/h5-9,12-13,19,24H,10-11,14H2,1-4H3,(H,22,25). The van der Waals surface area contributed by atoms with Crippen LogP contribution in [0, 0.1) is 20.8 Å². The van der Waals surface area contributed by atoms with Gasteiger partial charge < -0.3 is 10.4 Å². The summed E-state index contributed by atoms with van der Waals surface area (Å²) in [5, 5.41) is 12.4. The molecule has 4 nitrogen and oxygen atoms in total. The predicted molar refractivity (Wildman–Crippen MR) is 103 cm³/mol. The van der Waals surface area contributed by atoms with Crippen LogP contribution in [-0.4, -0.2) is 36.1 Å². The number of nitrogens with one attached hydrogen (secondary N) is 1. The van der Waals surface area contributed by atoms with Gasteiger partial charge in [0.25, 0.3) is 0 Å². The molecule has 0 aliphatic rings. The number of carbonyl (C=O) groups is 1. The maximum atomic E-state index is 12.5. The molecular weight excluding hydrogens is 312 g/mol. The van der Waals surface area contributed by atoms with E-state index in [2.05, 4.69) is 24.4 Å². The highest BCUT2D eigenvalue weighted by atomic mass is 16.3. The Morgan fingerprint density at radius 1 is 1.12 bits per heavy atom. The maximum absolute atomic E-state index is 12.5. The van der Waals surface area contributed by atoms with Crippen molar-refractivity contribution in [2.45, 2.75) is 33.2 Å². The second kappa shape index (κ2) is 8.79. The van der Waals surface area contributed by atoms with Gasteiger partial charge in [-0.3, -0.25) is 9.69 Å². The van der Waals surface area contributed by atoms with E-state index in [0.29, 0.717) is 6.42 Å². The maximum Gasteiger partial charge on any atom is 0.238 e. The molecule has 2 N–H and O–H groups in total. The second-order valence-electron chi connectivity index (χ2n) is 6.68. The van der Waals surface area contributed by atoms with Crippen molar-refractivity contribution in [3.05, 3.63) is 64.7 Å². The lowest BCUT2D eigenvalue weighted by molar-refractivity contribution is -0.117. The van der Waals surface area contributed by atoms with Crippen molar-refractivity contribution >= 4 is 11.6 Å². The number of anilines is 1. The Bertz CT molecular complexity index is 690. The molecule has 134 valence electrons. The number of hydrogen-bond acceptors (Lipinski definition) is 3. The van der Waals surface area contributed by atoms with E-state index in [9.17, 15) is 9.90 Å². The zero-order chi connectivity index (χ0) is 18.4. The molecule has 0 aliphatic heterocycles. The fraction of sp³-hybridized carbons (Fsp3) is 0.381. The van der Waals surface area contributed by atoms with E-state index in [1.54, 1.807) is 0 Å². The van der Waals surface area contributed by atoms with Crippen LogP contribution in [0.2, 0.25) is 0 Å². The average molecular weight is 340 g/mol. The molecule has 4 heteroatoms. The Balaban J connectivity index is 2.08. The Morgan fingerprint density at radius 2 is 1.72 bits per heavy atom. The van der Waals surface area contributed by atoms with Gasteiger partial charge in [-0.2, -0.15) is 0 Å². The van der Waals surface area contributed by atoms with Crippen molar-refractivity contribution in [3.8, 4) is 0 Å². The zero-order valence-corrected chi connectivity index (χ0v) is 15.5. The number of likely N-dealkylation sites (N-methyl/N-ethyl adjacent to an activating group) is 1. The summed E-state index contributed by atoms with van der Waals surface area (Å²) in [5.74, 6) is -0.0450. The zero-order valence-electron chi connectivity index (χ0n) is 15.5. The first-order valence-electron chi connectivity index (χ1n) is 8.66. The summed E-state index contributed by atoms with van der Waals surface area (Å²) < 4.78 is 0. The smallest absolute Gasteiger partial charge is 0.238 e. The molecular formula is C21H28N2O2. The van der Waals surface area contributed by atoms with Gasteiger partial charge in [-0.15, -0.1) is 0 Å². The highest BCUT2D eigenvalue weighted by Gasteiger charge is 2.19. The predicted octanol–water partition coefficient (Wildman–Crippen LogP) is 3.61. The lowest BCUT2D eigenvalue weighted by Crippen LogP contribution is -2.34. The van der Waals surface area contributed by atoms with Crippen LogP contribution in [0.15, 0.2) is 42.5 Å². The van der Waals surface area contributed by atoms with Crippen LogP contribution in [0.25, 0.3) is 0 Å². The van der Waals surface area contributed by atoms with Gasteiger partial charge in [0.2, 0.25) is 5.91 Å². The molecule has 0 bridgehead atoms. The lowest BCUT2D eigenvalue weighted by Gasteiger charge is -2.27. The number of nitrogens with zero attached hydrogens (tertiary/aromatic N) is 1. The number of carbonyl (C=O) groups excluding carboxylic acids is 1. The molecule has 1 unspecified atom stereocenters. The first-order valence-corrected chi connectivity index (χ1v) is 8.66. The van der Waals surface area contributed by atoms with Crippen molar-refractivity contribution in [2.75, 3.05) is 25.5 Å². The normalized spacial score (nSPS) is 12.2. The van der Waals surface area contributed by atoms with E-state index in [0.717, 1.165) is 22.4 Å². The summed E-state index contributed by atoms with van der Waals surface area (Å²) >= 11 is 0. The van der Waals surface area contributed by atoms with Gasteiger partial charge in [0, 0.05) is 18.3 Å². The molecule has 0 aromatic heterocycles. The number of rotatable bonds is 7. The fourth-order valence-electron chi connectivity index (χ4n) is 3.33. The molecule has 1 atom stereocenters. The van der Waals surface area contributed by atoms with Crippen LogP contribution in [0.3, 0.4) is 0 Å². The molecule has 0 aliphatic carbocycles. The number of benzene rings is 2. The summed E-state index contributed by atoms with van der Waals surface area (Å²) in [6.07, 6.45) is 0.594. The molecule has 2 aromatic carbocycles. The fourth-order valence-corrected chi connectivity index (χ4v) is 3.33. The van der Waals surface area contributed by atoms with E-state index < -0.39 is 0 Å². The van der Waals surface area contributed by atoms with Gasteiger partial charge in [0.1, 0.15) is 0 Å². The third-order valence-electron chi connectivity index (χ3n) is 4.45. The van der Waals surface area contributed by atoms with E-state index in [1.807, 2.05) is 56.1 Å². The number of aliphatic hydroxyl groups is 1. The quantitative estimate of drug-likeness (QED) is 0.810. The molecule has 0 heterocycles. The third-order valence-corrected chi connectivity index (χ3v) is 4.45. The van der Waals surface area contributed by atoms with Crippen LogP contribution < -0.4 is 5.32 Å². The summed E-state index contributed by atoms with van der Waals surface area (Å²) in [5.41, 5.74) is 5.33. The molecule has 0 fully saturated rings. The van der Waals surface area contributed by atoms with Gasteiger partial charge in [-0.1, -0.05) is 48.0 Å². The van der Waals surface area contributed by atoms with E-state index >= 15 is 0 Å². The van der Waals surface area contributed by atoms with Crippen LogP contribution in [-0.2, 0) is 4.79 Å². The largest absolute Gasteiger partial charge is 0.396 e. The van der Waals surface area contributed by atoms with Gasteiger partial charge in [-0.05, 0) is 50.9 Å². The molecule has 0 saturated carbocycles. The summed E-state index contributed by atoms with van der Waals surface area (Å²) in [6.45, 7) is 6.43. The highest BCUT2D eigenvalue weighted by molar-refractivity contribution is 5.93. The average Bonchev–Trinajstić information content (AvgIpc) is 2.56. The Labute approximate surface area is 150 Å². The SMILES string of the molecule is Cc1cc(C)c(NC(=O)CN(C)C(CCO)c2ccccc2)c(C)c1. The number of aryl methyl sites for hydroxylation is 3. The molecule has 2 rings (SSSR count). The van der Waals surface area contributed by atoms with Gasteiger partial charge in [0.05, 0.1) is 6.54 Å². The van der Waals surface area contributed by atoms with Crippen molar-refractivity contribution in [2.24, 2.45) is 0 Å². The van der Waals surface area contributed by atoms with Gasteiger partial charge in [-0.25, -0.2) is 0 Å². The van der Waals surface area contributed by atoms with E-state index in [-0.39, 0.29) is 25.1 Å². The summed E-state index contributed by atoms with van der Waals surface area (Å²) in [7, 11) is 1.92. The van der Waals surface area contributed by atoms with Crippen molar-refractivity contribution in [1.29, 1.82) is 0 Å². The lowest BCUT2D eigenvalue weighted by atomic mass is 10.0. The van der Waals surface area contributed by atoms with Crippen LogP contribution in [0.4, 0.5) is 5.69 Å². The Morgan fingerprint density at radius 3 is 2.28 bits per heavy atom. The molecule has 1 amide bonds. The third kappa shape index (κ3) is 5.15. The van der Waals surface area contributed by atoms with Gasteiger partial charge >= 0.3 is 0 Å². The van der Waals surface area contributed by atoms with Crippen molar-refractivity contribution < 1.29 is 9.90 Å². The molecule has 2 aromatic rings. The minimum atomic E-state index is -0.0450.